The molecule has 2 aromatic heterocycles. The Morgan fingerprint density at radius 3 is 2.97 bits per heavy atom. The number of fused-ring (bicyclic) bond motifs is 3. The molecule has 2 heterocycles. The van der Waals surface area contributed by atoms with Crippen molar-refractivity contribution in [1.29, 1.82) is 0 Å². The van der Waals surface area contributed by atoms with Crippen LogP contribution < -0.4 is 10.9 Å². The van der Waals surface area contributed by atoms with Crippen molar-refractivity contribution in [2.75, 3.05) is 18.9 Å². The number of rotatable bonds is 9. The van der Waals surface area contributed by atoms with Gasteiger partial charge < -0.3 is 15.0 Å². The lowest BCUT2D eigenvalue weighted by atomic mass is 9.98. The summed E-state index contributed by atoms with van der Waals surface area (Å²) in [6, 6.07) is 0. The zero-order chi connectivity index (χ0) is 20.1. The molecule has 1 amide bonds. The predicted molar refractivity (Wildman–Crippen MR) is 119 cm³/mol. The molecule has 0 bridgehead atoms. The van der Waals surface area contributed by atoms with E-state index in [1.54, 1.807) is 11.3 Å². The Bertz CT molecular complexity index is 902. The van der Waals surface area contributed by atoms with Crippen LogP contribution in [0.5, 0.6) is 0 Å². The first-order valence-electron chi connectivity index (χ1n) is 10.7. The van der Waals surface area contributed by atoms with Crippen molar-refractivity contribution in [3.05, 3.63) is 26.6 Å². The lowest BCUT2D eigenvalue weighted by molar-refractivity contribution is -0.118. The van der Waals surface area contributed by atoms with Crippen LogP contribution in [0, 0.1) is 0 Å². The molecule has 29 heavy (non-hydrogen) atoms. The number of aromatic amines is 1. The van der Waals surface area contributed by atoms with Gasteiger partial charge in [0.05, 0.1) is 23.0 Å². The largest absolute Gasteiger partial charge is 0.378 e. The fraction of sp³-hybridized carbons (Fsp3) is 0.667. The highest BCUT2D eigenvalue weighted by Gasteiger charge is 2.21. The van der Waals surface area contributed by atoms with E-state index < -0.39 is 0 Å². The van der Waals surface area contributed by atoms with Gasteiger partial charge in [-0.25, -0.2) is 4.98 Å². The van der Waals surface area contributed by atoms with E-state index in [1.165, 1.54) is 54.3 Å². The Labute approximate surface area is 179 Å². The van der Waals surface area contributed by atoms with E-state index in [9.17, 15) is 9.59 Å². The second kappa shape index (κ2) is 10.1. The van der Waals surface area contributed by atoms with E-state index in [0.29, 0.717) is 36.6 Å². The van der Waals surface area contributed by atoms with Crippen molar-refractivity contribution >= 4 is 39.2 Å². The molecule has 2 aliphatic carbocycles. The van der Waals surface area contributed by atoms with Gasteiger partial charge in [0.2, 0.25) is 5.91 Å². The number of aromatic nitrogens is 2. The third-order valence-electron chi connectivity index (χ3n) is 5.65. The average molecular weight is 436 g/mol. The summed E-state index contributed by atoms with van der Waals surface area (Å²) >= 11 is 3.13. The van der Waals surface area contributed by atoms with Crippen molar-refractivity contribution in [3.63, 3.8) is 0 Å². The first kappa shape index (κ1) is 20.9. The molecule has 0 unspecified atom stereocenters. The van der Waals surface area contributed by atoms with E-state index in [-0.39, 0.29) is 11.5 Å². The minimum atomic E-state index is -0.0348. The van der Waals surface area contributed by atoms with E-state index >= 15 is 0 Å². The Morgan fingerprint density at radius 1 is 1.24 bits per heavy atom. The zero-order valence-corrected chi connectivity index (χ0v) is 18.4. The molecular formula is C21H29N3O3S2. The Balaban J connectivity index is 1.15. The van der Waals surface area contributed by atoms with Crippen LogP contribution in [0.1, 0.15) is 61.2 Å². The highest BCUT2D eigenvalue weighted by molar-refractivity contribution is 7.99. The summed E-state index contributed by atoms with van der Waals surface area (Å²) < 4.78 is 5.87. The molecule has 2 N–H and O–H groups in total. The van der Waals surface area contributed by atoms with Crippen LogP contribution in [0.3, 0.4) is 0 Å². The molecule has 1 saturated carbocycles. The van der Waals surface area contributed by atoms with Crippen molar-refractivity contribution in [3.8, 4) is 0 Å². The number of hydrogen-bond acceptors (Lipinski definition) is 6. The monoisotopic (exact) mass is 435 g/mol. The third kappa shape index (κ3) is 5.41. The van der Waals surface area contributed by atoms with Crippen molar-refractivity contribution in [2.24, 2.45) is 0 Å². The molecule has 158 valence electrons. The molecule has 1 fully saturated rings. The summed E-state index contributed by atoms with van der Waals surface area (Å²) in [6.45, 7) is 1.36. The summed E-state index contributed by atoms with van der Waals surface area (Å²) in [6.07, 6.45) is 10.7. The fourth-order valence-corrected chi connectivity index (χ4v) is 6.19. The normalized spacial score (nSPS) is 17.0. The number of H-pyrrole nitrogens is 1. The van der Waals surface area contributed by atoms with Gasteiger partial charge in [0.15, 0.2) is 0 Å². The lowest BCUT2D eigenvalue weighted by Crippen LogP contribution is -2.27. The molecule has 0 atom stereocenters. The molecule has 0 spiro atoms. The first-order chi connectivity index (χ1) is 14.2. The standard InChI is InChI=1S/C21H29N3O3S2/c25-18(22-10-5-11-27-14-6-2-1-3-7-14)13-28-12-17-23-20(26)19-15-8-4-9-16(15)29-21(19)24-17/h14H,1-13H2,(H,22,25)(H,23,24,26). The van der Waals surface area contributed by atoms with Crippen LogP contribution in [-0.2, 0) is 28.1 Å². The molecule has 0 aromatic carbocycles. The Kier molecular flexibility index (Phi) is 7.26. The Morgan fingerprint density at radius 2 is 2.10 bits per heavy atom. The number of nitrogens with zero attached hydrogens (tertiary/aromatic N) is 1. The van der Waals surface area contributed by atoms with E-state index in [4.69, 9.17) is 4.74 Å². The summed E-state index contributed by atoms with van der Waals surface area (Å²) in [5.74, 6) is 1.57. The SMILES string of the molecule is O=C(CSCc1nc2sc3c(c2c(=O)[nH]1)CCC3)NCCCOC1CCCCC1. The van der Waals surface area contributed by atoms with Crippen LogP contribution in [-0.4, -0.2) is 40.9 Å². The van der Waals surface area contributed by atoms with Crippen LogP contribution in [0.4, 0.5) is 0 Å². The number of carbonyl (C=O) groups excluding carboxylic acids is 1. The molecule has 8 heteroatoms. The molecule has 6 nitrogen and oxygen atoms in total. The van der Waals surface area contributed by atoms with Crippen LogP contribution in [0.15, 0.2) is 4.79 Å². The number of hydrogen-bond donors (Lipinski definition) is 2. The van der Waals surface area contributed by atoms with E-state index in [1.807, 2.05) is 0 Å². The number of nitrogens with one attached hydrogen (secondary N) is 2. The molecular weight excluding hydrogens is 406 g/mol. The number of thiophene rings is 1. The molecule has 2 aromatic rings. The van der Waals surface area contributed by atoms with E-state index in [0.717, 1.165) is 35.9 Å². The fourth-order valence-electron chi connectivity index (χ4n) is 4.19. The summed E-state index contributed by atoms with van der Waals surface area (Å²) in [5, 5.41) is 3.73. The number of aryl methyl sites for hydroxylation is 2. The molecule has 0 radical (unpaired) electrons. The van der Waals surface area contributed by atoms with Gasteiger partial charge >= 0.3 is 0 Å². The smallest absolute Gasteiger partial charge is 0.259 e. The summed E-state index contributed by atoms with van der Waals surface area (Å²) in [4.78, 5) is 34.1. The lowest BCUT2D eigenvalue weighted by Gasteiger charge is -2.21. The highest BCUT2D eigenvalue weighted by atomic mass is 32.2. The highest BCUT2D eigenvalue weighted by Crippen LogP contribution is 2.34. The Hall–Kier alpha value is -1.38. The second-order valence-electron chi connectivity index (χ2n) is 7.88. The molecule has 0 aliphatic heterocycles. The maximum atomic E-state index is 12.4. The van der Waals surface area contributed by atoms with Gasteiger partial charge in [0.25, 0.3) is 5.56 Å². The topological polar surface area (TPSA) is 84.1 Å². The van der Waals surface area contributed by atoms with Gasteiger partial charge in [0, 0.05) is 18.0 Å². The summed E-state index contributed by atoms with van der Waals surface area (Å²) in [5.41, 5.74) is 1.16. The minimum Gasteiger partial charge on any atom is -0.378 e. The van der Waals surface area contributed by atoms with Gasteiger partial charge in [-0.3, -0.25) is 9.59 Å². The van der Waals surface area contributed by atoms with E-state index in [2.05, 4.69) is 15.3 Å². The second-order valence-corrected chi connectivity index (χ2v) is 9.95. The van der Waals surface area contributed by atoms with Gasteiger partial charge in [-0.1, -0.05) is 19.3 Å². The van der Waals surface area contributed by atoms with Crippen LogP contribution in [0.25, 0.3) is 10.2 Å². The first-order valence-corrected chi connectivity index (χ1v) is 12.7. The zero-order valence-electron chi connectivity index (χ0n) is 16.8. The molecule has 4 rings (SSSR count). The maximum Gasteiger partial charge on any atom is 0.259 e. The minimum absolute atomic E-state index is 0.0196. The van der Waals surface area contributed by atoms with Crippen LogP contribution in [0.2, 0.25) is 0 Å². The van der Waals surface area contributed by atoms with Crippen molar-refractivity contribution in [2.45, 2.75) is 69.6 Å². The number of amides is 1. The maximum absolute atomic E-state index is 12.4. The number of ether oxygens (including phenoxy) is 1. The van der Waals surface area contributed by atoms with Gasteiger partial charge in [-0.15, -0.1) is 23.1 Å². The van der Waals surface area contributed by atoms with Gasteiger partial charge in [0.1, 0.15) is 10.7 Å². The third-order valence-corrected chi connectivity index (χ3v) is 7.77. The number of thioether (sulfide) groups is 1. The average Bonchev–Trinajstić information content (AvgIpc) is 3.29. The predicted octanol–water partition coefficient (Wildman–Crippen LogP) is 3.56. The quantitative estimate of drug-likeness (QED) is 0.589. The van der Waals surface area contributed by atoms with Gasteiger partial charge in [-0.2, -0.15) is 0 Å². The molecule has 2 aliphatic rings. The van der Waals surface area contributed by atoms with Crippen molar-refractivity contribution in [1.82, 2.24) is 15.3 Å². The van der Waals surface area contributed by atoms with Crippen molar-refractivity contribution < 1.29 is 9.53 Å². The van der Waals surface area contributed by atoms with Crippen LogP contribution >= 0.6 is 23.1 Å². The number of carbonyl (C=O) groups is 1. The molecule has 0 saturated heterocycles. The summed E-state index contributed by atoms with van der Waals surface area (Å²) in [7, 11) is 0. The van der Waals surface area contributed by atoms with Gasteiger partial charge in [-0.05, 0) is 44.1 Å².